The van der Waals surface area contributed by atoms with Crippen LogP contribution in [0, 0.1) is 20.0 Å². The number of hydrogen-bond acceptors (Lipinski definition) is 2. The summed E-state index contributed by atoms with van der Waals surface area (Å²) in [6.07, 6.45) is 0. The minimum Gasteiger partial charge on any atom is 0 e. The molecule has 18 heavy (non-hydrogen) atoms. The van der Waals surface area contributed by atoms with Gasteiger partial charge in [-0.05, 0) is 12.1 Å². The molecule has 1 aromatic rings. The van der Waals surface area contributed by atoms with Crippen LogP contribution in [0.4, 0.5) is 0 Å². The van der Waals surface area contributed by atoms with Gasteiger partial charge < -0.3 is 4.74 Å². The molecule has 0 bridgehead atoms. The van der Waals surface area contributed by atoms with E-state index in [0.29, 0.717) is 10.6 Å². The Hall–Kier alpha value is -1.27. The molecule has 1 rings (SSSR count). The molecular formula is C11H7ClCrO5. The summed E-state index contributed by atoms with van der Waals surface area (Å²) in [6, 6.07) is 6.76. The second-order valence-electron chi connectivity index (χ2n) is 1.97. The summed E-state index contributed by atoms with van der Waals surface area (Å²) >= 11 is 5.70. The molecule has 0 aliphatic heterocycles. The number of rotatable bonds is 1. The van der Waals surface area contributed by atoms with Gasteiger partial charge in [0, 0.05) is 17.4 Å². The van der Waals surface area contributed by atoms with Crippen LogP contribution in [0.1, 0.15) is 10.4 Å². The van der Waals surface area contributed by atoms with Crippen molar-refractivity contribution in [1.82, 2.24) is 0 Å². The van der Waals surface area contributed by atoms with Gasteiger partial charge in [-0.3, -0.25) is 0 Å². The fourth-order valence-electron chi connectivity index (χ4n) is 0.737. The van der Waals surface area contributed by atoms with E-state index in [0.717, 1.165) is 0 Å². The van der Waals surface area contributed by atoms with E-state index in [1.54, 1.807) is 24.3 Å². The molecule has 7 heteroatoms. The van der Waals surface area contributed by atoms with Gasteiger partial charge in [0.2, 0.25) is 0 Å². The summed E-state index contributed by atoms with van der Waals surface area (Å²) in [7, 11) is 1.33. The summed E-state index contributed by atoms with van der Waals surface area (Å²) in [6.45, 7) is 13.5. The molecule has 0 aliphatic carbocycles. The fourth-order valence-corrected chi connectivity index (χ4v) is 0.950. The van der Waals surface area contributed by atoms with Gasteiger partial charge in [-0.15, -0.1) is 0 Å². The van der Waals surface area contributed by atoms with Crippen LogP contribution < -0.4 is 0 Å². The van der Waals surface area contributed by atoms with Gasteiger partial charge in [0.1, 0.15) is 0 Å². The number of ether oxygens (including phenoxy) is 1. The van der Waals surface area contributed by atoms with Crippen molar-refractivity contribution in [3.63, 3.8) is 0 Å². The van der Waals surface area contributed by atoms with E-state index in [4.69, 9.17) is 25.6 Å². The van der Waals surface area contributed by atoms with Crippen LogP contribution in [0.25, 0.3) is 0 Å². The molecule has 0 amide bonds. The van der Waals surface area contributed by atoms with Crippen molar-refractivity contribution < 1.29 is 40.8 Å². The Morgan fingerprint density at radius 3 is 1.83 bits per heavy atom. The molecule has 0 heterocycles. The van der Waals surface area contributed by atoms with Crippen LogP contribution in [0.15, 0.2) is 24.3 Å². The normalized spacial score (nSPS) is 6.00. The largest absolute Gasteiger partial charge is 0 e. The van der Waals surface area contributed by atoms with Crippen molar-refractivity contribution in [2.75, 3.05) is 7.11 Å². The molecule has 0 fully saturated rings. The summed E-state index contributed by atoms with van der Waals surface area (Å²) in [4.78, 5) is 10.9. The van der Waals surface area contributed by atoms with Gasteiger partial charge >= 0.3 is 39.9 Å². The summed E-state index contributed by atoms with van der Waals surface area (Å²) in [5, 5.41) is 0.416. The zero-order chi connectivity index (χ0) is 14.3. The molecule has 5 nitrogen and oxygen atoms in total. The van der Waals surface area contributed by atoms with E-state index in [1.165, 1.54) is 7.11 Å². The van der Waals surface area contributed by atoms with Gasteiger partial charge in [-0.2, -0.15) is 0 Å². The molecule has 0 unspecified atom stereocenters. The first-order valence-corrected chi connectivity index (χ1v) is 4.07. The maximum Gasteiger partial charge on any atom is 0 e. The number of benzene rings is 1. The van der Waals surface area contributed by atoms with E-state index in [9.17, 15) is 4.79 Å². The van der Waals surface area contributed by atoms with Crippen LogP contribution in [0.3, 0.4) is 0 Å². The van der Waals surface area contributed by atoms with E-state index in [2.05, 4.69) is 24.7 Å². The molecule has 0 saturated heterocycles. The van der Waals surface area contributed by atoms with Gasteiger partial charge in [-0.25, -0.2) is 4.79 Å². The second kappa shape index (κ2) is 21.1. The zero-order valence-corrected chi connectivity index (χ0v) is 11.2. The number of methoxy groups -OCH3 is 1. The quantitative estimate of drug-likeness (QED) is 0.451. The third-order valence-electron chi connectivity index (χ3n) is 1.28. The van der Waals surface area contributed by atoms with Crippen molar-refractivity contribution >= 4 is 17.6 Å². The Kier molecular flexibility index (Phi) is 29.9. The minimum atomic E-state index is -0.407. The fraction of sp³-hybridized carbons (Fsp3) is 0.0909. The molecule has 0 radical (unpaired) electrons. The van der Waals surface area contributed by atoms with Crippen molar-refractivity contribution in [3.05, 3.63) is 54.8 Å². The SMILES string of the molecule is COC(=O)c1ccccc1Cl.[C-]#[O+].[C-]#[O+].[C-]#[O+].[Cr]. The van der Waals surface area contributed by atoms with Crippen LogP contribution in [-0.4, -0.2) is 13.1 Å². The Bertz CT molecular complexity index is 372. The first-order chi connectivity index (χ1) is 8.25. The molecule has 0 atom stereocenters. The van der Waals surface area contributed by atoms with Crippen molar-refractivity contribution in [2.45, 2.75) is 0 Å². The Balaban J connectivity index is -0.000000123. The molecule has 0 aliphatic rings. The molecule has 1 aromatic carbocycles. The third kappa shape index (κ3) is 11.2. The number of esters is 1. The average Bonchev–Trinajstić information content (AvgIpc) is 2.45. The molecule has 0 saturated carbocycles. The Morgan fingerprint density at radius 2 is 1.50 bits per heavy atom. The number of carbonyl (C=O) groups is 1. The van der Waals surface area contributed by atoms with Crippen molar-refractivity contribution in [3.8, 4) is 0 Å². The first kappa shape index (κ1) is 25.5. The Morgan fingerprint density at radius 1 is 1.11 bits per heavy atom. The topological polar surface area (TPSA) is 86.0 Å². The molecule has 0 N–H and O–H groups in total. The van der Waals surface area contributed by atoms with E-state index in [1.807, 2.05) is 0 Å². The maximum absolute atomic E-state index is 10.9. The Labute approximate surface area is 120 Å². The van der Waals surface area contributed by atoms with Gasteiger partial charge in [0.05, 0.1) is 17.7 Å². The van der Waals surface area contributed by atoms with Gasteiger partial charge in [-0.1, -0.05) is 23.7 Å². The summed E-state index contributed by atoms with van der Waals surface area (Å²) in [5.41, 5.74) is 0.400. The number of hydrogen-bond donors (Lipinski definition) is 0. The summed E-state index contributed by atoms with van der Waals surface area (Å²) < 4.78 is 27.0. The molecule has 94 valence electrons. The third-order valence-corrected chi connectivity index (χ3v) is 1.61. The molecule has 0 spiro atoms. The van der Waals surface area contributed by atoms with Crippen LogP contribution >= 0.6 is 11.6 Å². The van der Waals surface area contributed by atoms with Crippen molar-refractivity contribution in [1.29, 1.82) is 0 Å². The minimum absolute atomic E-state index is 0. The zero-order valence-electron chi connectivity index (χ0n) is 9.14. The van der Waals surface area contributed by atoms with E-state index < -0.39 is 5.97 Å². The second-order valence-corrected chi connectivity index (χ2v) is 2.38. The maximum atomic E-state index is 10.9. The first-order valence-electron chi connectivity index (χ1n) is 3.70. The van der Waals surface area contributed by atoms with Crippen LogP contribution in [0.5, 0.6) is 0 Å². The van der Waals surface area contributed by atoms with Crippen molar-refractivity contribution in [2.24, 2.45) is 0 Å². The number of halogens is 1. The molecule has 0 aromatic heterocycles. The van der Waals surface area contributed by atoms with E-state index in [-0.39, 0.29) is 17.4 Å². The predicted molar refractivity (Wildman–Crippen MR) is 54.6 cm³/mol. The standard InChI is InChI=1S/C8H7ClO2.3CO.Cr/c1-11-8(10)6-4-2-3-5-7(6)9;3*1-2;/h2-5H,1H3;;;;. The van der Waals surface area contributed by atoms with Crippen LogP contribution in [-0.2, 0) is 36.1 Å². The van der Waals surface area contributed by atoms with Gasteiger partial charge in [0.25, 0.3) is 0 Å². The average molecular weight is 307 g/mol. The van der Waals surface area contributed by atoms with Crippen LogP contribution in [0.2, 0.25) is 5.02 Å². The molecular weight excluding hydrogens is 300 g/mol. The van der Waals surface area contributed by atoms with Gasteiger partial charge in [0.15, 0.2) is 0 Å². The predicted octanol–water partition coefficient (Wildman–Crippen LogP) is 2.01. The monoisotopic (exact) mass is 306 g/mol. The number of carbonyl (C=O) groups excluding carboxylic acids is 1. The summed E-state index contributed by atoms with van der Waals surface area (Å²) in [5.74, 6) is -0.407. The van der Waals surface area contributed by atoms with E-state index >= 15 is 0 Å². The smallest absolute Gasteiger partial charge is 0 e.